The molecule has 0 atom stereocenters. The molecule has 2 aliphatic rings. The molecule has 4 heterocycles. The van der Waals surface area contributed by atoms with Gasteiger partial charge in [0.05, 0.1) is 11.0 Å². The molecule has 8 aromatic carbocycles. The van der Waals surface area contributed by atoms with E-state index in [0.29, 0.717) is 0 Å². The summed E-state index contributed by atoms with van der Waals surface area (Å²) in [6, 6.07) is 59.0. The molecule has 3 heteroatoms. The first-order valence-corrected chi connectivity index (χ1v) is 24.5. The molecule has 330 valence electrons. The molecule has 2 aromatic heterocycles. The van der Waals surface area contributed by atoms with Crippen LogP contribution in [0.15, 0.2) is 152 Å². The molecule has 0 amide bonds. The Kier molecular flexibility index (Phi) is 8.73. The van der Waals surface area contributed by atoms with Gasteiger partial charge in [0.2, 0.25) is 0 Å². The van der Waals surface area contributed by atoms with E-state index < -0.39 is 0 Å². The standard InChI is InChI=1S/C64H61BN2/c1-61(2,3)43-24-27-55-49(35-43)51-36-46(64(10,11)12)37-52-57-47(42-29-44(62(4,5)6)34-45(30-42)63(7,8)9)25-28-56-58(57)65(67(55)59(51)52)53-33-41(39-21-17-14-18-22-39)32-50-48-31-40(38-19-15-13-16-20-38)23-26-54(48)66(56)60(50)53/h13-37H,1-12H3. The van der Waals surface area contributed by atoms with Gasteiger partial charge in [0.15, 0.2) is 0 Å². The second-order valence-electron chi connectivity index (χ2n) is 23.9. The molecule has 67 heavy (non-hydrogen) atoms. The van der Waals surface area contributed by atoms with E-state index in [0.717, 1.165) is 0 Å². The Bertz CT molecular complexity index is 3670. The first-order chi connectivity index (χ1) is 31.8. The van der Waals surface area contributed by atoms with E-state index in [9.17, 15) is 0 Å². The van der Waals surface area contributed by atoms with Crippen molar-refractivity contribution in [2.24, 2.45) is 0 Å². The summed E-state index contributed by atoms with van der Waals surface area (Å²) >= 11 is 0. The van der Waals surface area contributed by atoms with E-state index in [4.69, 9.17) is 0 Å². The molecule has 0 saturated heterocycles. The van der Waals surface area contributed by atoms with Crippen molar-refractivity contribution in [1.82, 2.24) is 9.05 Å². The third-order valence-corrected chi connectivity index (χ3v) is 15.3. The summed E-state index contributed by atoms with van der Waals surface area (Å²) in [6.07, 6.45) is 0. The van der Waals surface area contributed by atoms with Gasteiger partial charge < -0.3 is 9.05 Å². The average Bonchev–Trinajstić information content (AvgIpc) is 3.80. The summed E-state index contributed by atoms with van der Waals surface area (Å²) in [7, 11) is 0. The molecule has 0 N–H and O–H groups in total. The lowest BCUT2D eigenvalue weighted by molar-refractivity contribution is 0.569. The van der Waals surface area contributed by atoms with Crippen LogP contribution in [-0.4, -0.2) is 15.9 Å². The summed E-state index contributed by atoms with van der Waals surface area (Å²) in [4.78, 5) is 0. The Hall–Kier alpha value is -6.58. The zero-order valence-electron chi connectivity index (χ0n) is 41.4. The molecule has 0 radical (unpaired) electrons. The van der Waals surface area contributed by atoms with E-state index >= 15 is 0 Å². The second kappa shape index (κ2) is 14.0. The quantitative estimate of drug-likeness (QED) is 0.157. The maximum absolute atomic E-state index is 2.76. The first kappa shape index (κ1) is 41.8. The zero-order chi connectivity index (χ0) is 46.7. The summed E-state index contributed by atoms with van der Waals surface area (Å²) in [5, 5.41) is 5.26. The highest BCUT2D eigenvalue weighted by atomic mass is 15.0. The predicted octanol–water partition coefficient (Wildman–Crippen LogP) is 16.0. The van der Waals surface area contributed by atoms with E-state index in [1.807, 2.05) is 0 Å². The lowest BCUT2D eigenvalue weighted by atomic mass is 9.45. The van der Waals surface area contributed by atoms with Crippen molar-refractivity contribution in [1.29, 1.82) is 0 Å². The van der Waals surface area contributed by atoms with Crippen molar-refractivity contribution in [3.8, 4) is 50.2 Å². The Balaban J connectivity index is 1.30. The van der Waals surface area contributed by atoms with Gasteiger partial charge in [-0.3, -0.25) is 0 Å². The van der Waals surface area contributed by atoms with E-state index in [-0.39, 0.29) is 28.5 Å². The normalized spacial score (nSPS) is 13.6. The average molecular weight is 869 g/mol. The molecule has 10 aromatic rings. The second-order valence-corrected chi connectivity index (χ2v) is 23.9. The molecule has 0 fully saturated rings. The van der Waals surface area contributed by atoms with Crippen LogP contribution in [0, 0.1) is 0 Å². The SMILES string of the molecule is CC(C)(C)c1cc(-c2ccc3c4c2-c2cc(C(C)(C)C)cc5c6cc(C(C)(C)C)ccc6n(c25)B4c2cc(-c4ccccc4)cc4c5cc(-c6ccccc6)ccc5n-3c24)cc(C(C)(C)C)c1. The maximum atomic E-state index is 2.76. The Morgan fingerprint density at radius 1 is 0.358 bits per heavy atom. The first-order valence-electron chi connectivity index (χ1n) is 24.5. The monoisotopic (exact) mass is 868 g/mol. The number of benzene rings is 8. The molecule has 0 unspecified atom stereocenters. The maximum Gasteiger partial charge on any atom is 0.333 e. The third-order valence-electron chi connectivity index (χ3n) is 15.3. The molecule has 0 bridgehead atoms. The van der Waals surface area contributed by atoms with Crippen molar-refractivity contribution in [3.63, 3.8) is 0 Å². The van der Waals surface area contributed by atoms with Crippen LogP contribution in [0.1, 0.15) is 105 Å². The molecule has 2 nitrogen and oxygen atoms in total. The van der Waals surface area contributed by atoms with Crippen LogP contribution < -0.4 is 10.9 Å². The Morgan fingerprint density at radius 3 is 1.52 bits per heavy atom. The van der Waals surface area contributed by atoms with Gasteiger partial charge in [-0.05, 0) is 142 Å². The largest absolute Gasteiger partial charge is 0.375 e. The summed E-state index contributed by atoms with van der Waals surface area (Å²) < 4.78 is 5.40. The fourth-order valence-corrected chi connectivity index (χ4v) is 11.5. The van der Waals surface area contributed by atoms with Gasteiger partial charge in [-0.15, -0.1) is 0 Å². The van der Waals surface area contributed by atoms with Crippen molar-refractivity contribution in [2.75, 3.05) is 0 Å². The topological polar surface area (TPSA) is 9.86 Å². The van der Waals surface area contributed by atoms with Gasteiger partial charge in [-0.2, -0.15) is 0 Å². The van der Waals surface area contributed by atoms with Gasteiger partial charge >= 0.3 is 6.85 Å². The lowest BCUT2D eigenvalue weighted by Gasteiger charge is -2.36. The van der Waals surface area contributed by atoms with Gasteiger partial charge in [-0.1, -0.05) is 186 Å². The van der Waals surface area contributed by atoms with E-state index in [2.05, 4.69) is 244 Å². The number of fused-ring (bicyclic) bond motifs is 10. The Labute approximate surface area is 397 Å². The summed E-state index contributed by atoms with van der Waals surface area (Å²) in [6.45, 7) is 28.3. The molecule has 0 saturated carbocycles. The van der Waals surface area contributed by atoms with Crippen LogP contribution in [0.2, 0.25) is 0 Å². The van der Waals surface area contributed by atoms with Gasteiger partial charge in [0.1, 0.15) is 0 Å². The molecule has 0 spiro atoms. The van der Waals surface area contributed by atoms with E-state index in [1.165, 1.54) is 127 Å². The van der Waals surface area contributed by atoms with Gasteiger partial charge in [0.25, 0.3) is 0 Å². The number of hydrogen-bond acceptors (Lipinski definition) is 0. The highest BCUT2D eigenvalue weighted by Crippen LogP contribution is 2.49. The number of nitrogens with zero attached hydrogens (tertiary/aromatic N) is 2. The fraction of sp³-hybridized carbons (Fsp3) is 0.250. The lowest BCUT2D eigenvalue weighted by Crippen LogP contribution is -2.55. The minimum absolute atomic E-state index is 0.0000464. The van der Waals surface area contributed by atoms with Crippen molar-refractivity contribution in [2.45, 2.75) is 105 Å². The smallest absolute Gasteiger partial charge is 0.333 e. The number of aromatic nitrogens is 2. The van der Waals surface area contributed by atoms with Crippen molar-refractivity contribution >= 4 is 61.4 Å². The number of hydrogen-bond donors (Lipinski definition) is 0. The molecular formula is C64H61BN2. The van der Waals surface area contributed by atoms with Crippen LogP contribution in [0.3, 0.4) is 0 Å². The van der Waals surface area contributed by atoms with Crippen LogP contribution in [0.25, 0.3) is 93.8 Å². The van der Waals surface area contributed by atoms with Gasteiger partial charge in [0, 0.05) is 43.8 Å². The third kappa shape index (κ3) is 6.30. The van der Waals surface area contributed by atoms with Crippen LogP contribution >= 0.6 is 0 Å². The minimum atomic E-state index is -0.0807. The zero-order valence-corrected chi connectivity index (χ0v) is 41.4. The summed E-state index contributed by atoms with van der Waals surface area (Å²) in [5.41, 5.74) is 24.8. The fourth-order valence-electron chi connectivity index (χ4n) is 11.5. The number of rotatable bonds is 3. The minimum Gasteiger partial charge on any atom is -0.375 e. The summed E-state index contributed by atoms with van der Waals surface area (Å²) in [5.74, 6) is 0. The highest BCUT2D eigenvalue weighted by Gasteiger charge is 2.43. The van der Waals surface area contributed by atoms with Crippen LogP contribution in [-0.2, 0) is 21.7 Å². The van der Waals surface area contributed by atoms with Gasteiger partial charge in [-0.25, -0.2) is 0 Å². The molecule has 2 aliphatic heterocycles. The van der Waals surface area contributed by atoms with E-state index in [1.54, 1.807) is 0 Å². The van der Waals surface area contributed by atoms with Crippen molar-refractivity contribution in [3.05, 3.63) is 174 Å². The predicted molar refractivity (Wildman–Crippen MR) is 291 cm³/mol. The highest BCUT2D eigenvalue weighted by molar-refractivity contribution is 6.90. The van der Waals surface area contributed by atoms with Crippen LogP contribution in [0.5, 0.6) is 0 Å². The van der Waals surface area contributed by atoms with Crippen LogP contribution in [0.4, 0.5) is 0 Å². The Morgan fingerprint density at radius 2 is 0.896 bits per heavy atom. The molecule has 12 rings (SSSR count). The molecular weight excluding hydrogens is 808 g/mol. The van der Waals surface area contributed by atoms with Crippen molar-refractivity contribution < 1.29 is 0 Å². The molecule has 0 aliphatic carbocycles.